The van der Waals surface area contributed by atoms with Crippen LogP contribution in [0.3, 0.4) is 0 Å². The third-order valence-electron chi connectivity index (χ3n) is 1.88. The molecule has 0 aromatic rings. The standard InChI is InChI=1S/C9H22N2/c1-5-7-10-8-11(6-2)9(3)4/h9-10H,5-8H2,1-4H3. The van der Waals surface area contributed by atoms with E-state index in [1.807, 2.05) is 0 Å². The van der Waals surface area contributed by atoms with E-state index in [9.17, 15) is 0 Å². The Balaban J connectivity index is 3.36. The number of nitrogens with zero attached hydrogens (tertiary/aromatic N) is 1. The highest BCUT2D eigenvalue weighted by atomic mass is 15.2. The highest BCUT2D eigenvalue weighted by Crippen LogP contribution is 1.93. The minimum atomic E-state index is 0.657. The first-order chi connectivity index (χ1) is 5.22. The van der Waals surface area contributed by atoms with Crippen molar-refractivity contribution in [3.05, 3.63) is 0 Å². The number of hydrogen-bond donors (Lipinski definition) is 1. The fourth-order valence-corrected chi connectivity index (χ4v) is 1.06. The summed E-state index contributed by atoms with van der Waals surface area (Å²) >= 11 is 0. The maximum atomic E-state index is 3.39. The van der Waals surface area contributed by atoms with Gasteiger partial charge in [0.2, 0.25) is 0 Å². The van der Waals surface area contributed by atoms with Gasteiger partial charge < -0.3 is 5.32 Å². The fourth-order valence-electron chi connectivity index (χ4n) is 1.06. The van der Waals surface area contributed by atoms with Crippen LogP contribution in [-0.2, 0) is 0 Å². The van der Waals surface area contributed by atoms with E-state index in [1.165, 1.54) is 6.42 Å². The number of hydrogen-bond acceptors (Lipinski definition) is 2. The lowest BCUT2D eigenvalue weighted by Gasteiger charge is -2.24. The normalized spacial score (nSPS) is 11.5. The van der Waals surface area contributed by atoms with Gasteiger partial charge in [0, 0.05) is 12.7 Å². The molecule has 68 valence electrons. The smallest absolute Gasteiger partial charge is 0.0482 e. The van der Waals surface area contributed by atoms with Gasteiger partial charge in [-0.15, -0.1) is 0 Å². The summed E-state index contributed by atoms with van der Waals surface area (Å²) in [4.78, 5) is 2.41. The highest BCUT2D eigenvalue weighted by molar-refractivity contribution is 4.58. The summed E-state index contributed by atoms with van der Waals surface area (Å²) in [7, 11) is 0. The molecule has 0 aromatic carbocycles. The molecule has 0 fully saturated rings. The van der Waals surface area contributed by atoms with Gasteiger partial charge in [0.15, 0.2) is 0 Å². The summed E-state index contributed by atoms with van der Waals surface area (Å²) in [6, 6.07) is 0.657. The second-order valence-electron chi connectivity index (χ2n) is 3.16. The zero-order valence-electron chi connectivity index (χ0n) is 8.35. The van der Waals surface area contributed by atoms with Gasteiger partial charge in [-0.3, -0.25) is 4.90 Å². The molecular formula is C9H22N2. The average molecular weight is 158 g/mol. The monoisotopic (exact) mass is 158 g/mol. The molecule has 0 aliphatic heterocycles. The van der Waals surface area contributed by atoms with Crippen LogP contribution >= 0.6 is 0 Å². The molecule has 1 N–H and O–H groups in total. The van der Waals surface area contributed by atoms with E-state index < -0.39 is 0 Å². The molecule has 11 heavy (non-hydrogen) atoms. The van der Waals surface area contributed by atoms with Gasteiger partial charge in [0.25, 0.3) is 0 Å². The first-order valence-corrected chi connectivity index (χ1v) is 4.67. The quantitative estimate of drug-likeness (QED) is 0.467. The van der Waals surface area contributed by atoms with Crippen LogP contribution in [0, 0.1) is 0 Å². The van der Waals surface area contributed by atoms with Gasteiger partial charge in [-0.2, -0.15) is 0 Å². The molecule has 0 radical (unpaired) electrons. The Labute approximate surface area is 71.0 Å². The molecule has 0 aliphatic carbocycles. The molecule has 2 nitrogen and oxygen atoms in total. The molecule has 2 heteroatoms. The molecule has 0 rings (SSSR count). The van der Waals surface area contributed by atoms with E-state index in [2.05, 4.69) is 37.9 Å². The summed E-state index contributed by atoms with van der Waals surface area (Å²) in [5.74, 6) is 0. The van der Waals surface area contributed by atoms with Crippen molar-refractivity contribution in [3.63, 3.8) is 0 Å². The molecule has 0 spiro atoms. The molecule has 0 saturated carbocycles. The van der Waals surface area contributed by atoms with E-state index >= 15 is 0 Å². The lowest BCUT2D eigenvalue weighted by Crippen LogP contribution is -2.38. The predicted molar refractivity (Wildman–Crippen MR) is 50.7 cm³/mol. The maximum Gasteiger partial charge on any atom is 0.0482 e. The van der Waals surface area contributed by atoms with Crippen LogP contribution in [0.15, 0.2) is 0 Å². The number of rotatable bonds is 6. The minimum absolute atomic E-state index is 0.657. The predicted octanol–water partition coefficient (Wildman–Crippen LogP) is 1.67. The topological polar surface area (TPSA) is 15.3 Å². The second kappa shape index (κ2) is 6.62. The second-order valence-corrected chi connectivity index (χ2v) is 3.16. The molecule has 0 amide bonds. The third kappa shape index (κ3) is 5.22. The fraction of sp³-hybridized carbons (Fsp3) is 1.00. The van der Waals surface area contributed by atoms with Crippen LogP contribution in [0.5, 0.6) is 0 Å². The molecular weight excluding hydrogens is 136 g/mol. The lowest BCUT2D eigenvalue weighted by atomic mass is 10.3. The molecule has 0 unspecified atom stereocenters. The van der Waals surface area contributed by atoms with E-state index in [4.69, 9.17) is 0 Å². The van der Waals surface area contributed by atoms with E-state index in [0.717, 1.165) is 19.8 Å². The summed E-state index contributed by atoms with van der Waals surface area (Å²) in [6.45, 7) is 12.2. The Hall–Kier alpha value is -0.0800. The molecule has 0 bridgehead atoms. The molecule has 0 aliphatic rings. The van der Waals surface area contributed by atoms with Gasteiger partial charge in [-0.1, -0.05) is 13.8 Å². The third-order valence-corrected chi connectivity index (χ3v) is 1.88. The van der Waals surface area contributed by atoms with Gasteiger partial charge >= 0.3 is 0 Å². The SMILES string of the molecule is CCCNCN(CC)C(C)C. The van der Waals surface area contributed by atoms with Crippen LogP contribution in [0.25, 0.3) is 0 Å². The van der Waals surface area contributed by atoms with Gasteiger partial charge in [-0.05, 0) is 33.4 Å². The van der Waals surface area contributed by atoms with Crippen molar-refractivity contribution in [2.24, 2.45) is 0 Å². The summed E-state index contributed by atoms with van der Waals surface area (Å²) in [5, 5.41) is 3.39. The Bertz CT molecular complexity index is 81.6. The van der Waals surface area contributed by atoms with Crippen molar-refractivity contribution in [1.82, 2.24) is 10.2 Å². The Kier molecular flexibility index (Phi) is 6.57. The van der Waals surface area contributed by atoms with Crippen molar-refractivity contribution in [3.8, 4) is 0 Å². The van der Waals surface area contributed by atoms with Crippen molar-refractivity contribution in [1.29, 1.82) is 0 Å². The summed E-state index contributed by atoms with van der Waals surface area (Å²) in [5.41, 5.74) is 0. The summed E-state index contributed by atoms with van der Waals surface area (Å²) < 4.78 is 0. The van der Waals surface area contributed by atoms with E-state index in [0.29, 0.717) is 6.04 Å². The van der Waals surface area contributed by atoms with E-state index in [1.54, 1.807) is 0 Å². The van der Waals surface area contributed by atoms with Crippen molar-refractivity contribution in [2.45, 2.75) is 40.2 Å². The lowest BCUT2D eigenvalue weighted by molar-refractivity contribution is 0.216. The van der Waals surface area contributed by atoms with Crippen LogP contribution in [-0.4, -0.2) is 30.7 Å². The van der Waals surface area contributed by atoms with Gasteiger partial charge in [-0.25, -0.2) is 0 Å². The van der Waals surface area contributed by atoms with Crippen LogP contribution in [0.4, 0.5) is 0 Å². The summed E-state index contributed by atoms with van der Waals surface area (Å²) in [6.07, 6.45) is 1.22. The first kappa shape index (κ1) is 10.9. The zero-order chi connectivity index (χ0) is 8.69. The van der Waals surface area contributed by atoms with Crippen LogP contribution in [0.2, 0.25) is 0 Å². The minimum Gasteiger partial charge on any atom is -0.304 e. The molecule has 0 aromatic heterocycles. The van der Waals surface area contributed by atoms with Gasteiger partial charge in [0.05, 0.1) is 0 Å². The Morgan fingerprint density at radius 3 is 2.27 bits per heavy atom. The Morgan fingerprint density at radius 1 is 1.27 bits per heavy atom. The van der Waals surface area contributed by atoms with Crippen molar-refractivity contribution >= 4 is 0 Å². The average Bonchev–Trinajstić information content (AvgIpc) is 1.97. The molecule has 0 heterocycles. The highest BCUT2D eigenvalue weighted by Gasteiger charge is 2.03. The molecule has 0 atom stereocenters. The van der Waals surface area contributed by atoms with Crippen LogP contribution in [0.1, 0.15) is 34.1 Å². The largest absolute Gasteiger partial charge is 0.304 e. The molecule has 0 saturated heterocycles. The van der Waals surface area contributed by atoms with Crippen molar-refractivity contribution in [2.75, 3.05) is 19.8 Å². The Morgan fingerprint density at radius 2 is 1.91 bits per heavy atom. The van der Waals surface area contributed by atoms with E-state index in [-0.39, 0.29) is 0 Å². The van der Waals surface area contributed by atoms with Crippen LogP contribution < -0.4 is 5.32 Å². The van der Waals surface area contributed by atoms with Crippen molar-refractivity contribution < 1.29 is 0 Å². The van der Waals surface area contributed by atoms with Gasteiger partial charge in [0.1, 0.15) is 0 Å². The maximum absolute atomic E-state index is 3.39. The zero-order valence-corrected chi connectivity index (χ0v) is 8.35. The number of nitrogens with one attached hydrogen (secondary N) is 1. The first-order valence-electron chi connectivity index (χ1n) is 4.67.